The van der Waals surface area contributed by atoms with Crippen LogP contribution in [0, 0.1) is 13.8 Å². The van der Waals surface area contributed by atoms with Crippen LogP contribution < -0.4 is 10.2 Å². The number of carbonyl (C=O) groups excluding carboxylic acids is 2. The predicted octanol–water partition coefficient (Wildman–Crippen LogP) is 7.37. The summed E-state index contributed by atoms with van der Waals surface area (Å²) in [5.74, 6) is -0.0536. The molecule has 0 aromatic heterocycles. The zero-order chi connectivity index (χ0) is 28.8. The summed E-state index contributed by atoms with van der Waals surface area (Å²) in [6.07, 6.45) is 8.02. The number of fused-ring (bicyclic) bond motifs is 1. The molecule has 2 heterocycles. The van der Waals surface area contributed by atoms with Crippen molar-refractivity contribution in [3.63, 3.8) is 0 Å². The number of piperidine rings is 1. The summed E-state index contributed by atoms with van der Waals surface area (Å²) in [4.78, 5) is 32.7. The fourth-order valence-corrected chi connectivity index (χ4v) is 6.90. The molecule has 5 nitrogen and oxygen atoms in total. The number of para-hydroxylation sites is 1. The molecule has 0 spiro atoms. The second kappa shape index (κ2) is 13.5. The highest BCUT2D eigenvalue weighted by Crippen LogP contribution is 2.42. The Labute approximate surface area is 249 Å². The van der Waals surface area contributed by atoms with Gasteiger partial charge >= 0.3 is 0 Å². The lowest BCUT2D eigenvalue weighted by Crippen LogP contribution is -2.40. The minimum absolute atomic E-state index is 0.00422. The van der Waals surface area contributed by atoms with Crippen LogP contribution in [0.4, 0.5) is 5.69 Å². The van der Waals surface area contributed by atoms with Gasteiger partial charge in [0.25, 0.3) is 11.8 Å². The van der Waals surface area contributed by atoms with Gasteiger partial charge in [-0.1, -0.05) is 73.1 Å². The fraction of sp³-hybridized carbons (Fsp3) is 0.371. The molecule has 2 aliphatic rings. The maximum Gasteiger partial charge on any atom is 0.265 e. The molecule has 0 bridgehead atoms. The zero-order valence-electron chi connectivity index (χ0n) is 24.5. The summed E-state index contributed by atoms with van der Waals surface area (Å²) in [5, 5.41) is 3.08. The Balaban J connectivity index is 1.23. The van der Waals surface area contributed by atoms with Crippen molar-refractivity contribution in [3.05, 3.63) is 99.5 Å². The smallest absolute Gasteiger partial charge is 0.265 e. The molecule has 2 aliphatic heterocycles. The molecule has 1 N–H and O–H groups in total. The average molecular weight is 568 g/mol. The van der Waals surface area contributed by atoms with Crippen LogP contribution in [0.2, 0.25) is 0 Å². The highest BCUT2D eigenvalue weighted by molar-refractivity contribution is 8.04. The van der Waals surface area contributed by atoms with Crippen LogP contribution >= 0.6 is 11.8 Å². The van der Waals surface area contributed by atoms with Crippen molar-refractivity contribution >= 4 is 35.3 Å². The molecule has 0 aliphatic carbocycles. The molecule has 2 amide bonds. The molecule has 41 heavy (non-hydrogen) atoms. The van der Waals surface area contributed by atoms with Crippen molar-refractivity contribution in [1.82, 2.24) is 10.2 Å². The molecule has 3 aromatic rings. The quantitative estimate of drug-likeness (QED) is 0.217. The Morgan fingerprint density at radius 1 is 1.05 bits per heavy atom. The van der Waals surface area contributed by atoms with Gasteiger partial charge < -0.3 is 15.1 Å². The van der Waals surface area contributed by atoms with E-state index in [1.807, 2.05) is 53.4 Å². The number of hydrogen-bond donors (Lipinski definition) is 1. The van der Waals surface area contributed by atoms with Gasteiger partial charge in [-0.25, -0.2) is 0 Å². The number of aryl methyl sites for hydroxylation is 2. The molecule has 214 valence electrons. The van der Waals surface area contributed by atoms with E-state index in [0.29, 0.717) is 29.6 Å². The first-order valence-electron chi connectivity index (χ1n) is 14.9. The molecule has 0 saturated carbocycles. The van der Waals surface area contributed by atoms with Crippen LogP contribution in [0.25, 0.3) is 6.08 Å². The normalized spacial score (nSPS) is 18.4. The summed E-state index contributed by atoms with van der Waals surface area (Å²) in [6, 6.07) is 22.7. The molecular formula is C35H41N3O2S. The Kier molecular flexibility index (Phi) is 9.63. The summed E-state index contributed by atoms with van der Waals surface area (Å²) in [6.45, 7) is 9.87. The second-order valence-corrected chi connectivity index (χ2v) is 12.3. The lowest BCUT2D eigenvalue weighted by molar-refractivity contribution is -0.114. The Bertz CT molecular complexity index is 1420. The average Bonchev–Trinajstić information content (AvgIpc) is 2.99. The van der Waals surface area contributed by atoms with Crippen molar-refractivity contribution in [2.75, 3.05) is 24.5 Å². The summed E-state index contributed by atoms with van der Waals surface area (Å²) in [7, 11) is 0. The van der Waals surface area contributed by atoms with Crippen molar-refractivity contribution in [2.45, 2.75) is 70.4 Å². The van der Waals surface area contributed by atoms with E-state index in [0.717, 1.165) is 34.7 Å². The first-order chi connectivity index (χ1) is 19.9. The number of nitrogens with zero attached hydrogens (tertiary/aromatic N) is 2. The topological polar surface area (TPSA) is 52.7 Å². The van der Waals surface area contributed by atoms with Gasteiger partial charge in [-0.3, -0.25) is 9.59 Å². The molecule has 1 fully saturated rings. The molecule has 1 atom stereocenters. The number of nitrogens with one attached hydrogen (secondary N) is 1. The first kappa shape index (κ1) is 29.2. The van der Waals surface area contributed by atoms with Gasteiger partial charge in [0.2, 0.25) is 0 Å². The number of rotatable bonds is 9. The fourth-order valence-electron chi connectivity index (χ4n) is 5.85. The maximum atomic E-state index is 13.7. The molecular weight excluding hydrogens is 526 g/mol. The Hall–Kier alpha value is -3.35. The number of thioether (sulfide) groups is 1. The molecule has 1 unspecified atom stereocenters. The van der Waals surface area contributed by atoms with Gasteiger partial charge in [0.1, 0.15) is 0 Å². The van der Waals surface area contributed by atoms with Gasteiger partial charge in [-0.05, 0) is 93.1 Å². The molecule has 3 aromatic carbocycles. The maximum absolute atomic E-state index is 13.7. The van der Waals surface area contributed by atoms with Gasteiger partial charge in [-0.2, -0.15) is 0 Å². The highest BCUT2D eigenvalue weighted by atomic mass is 32.2. The summed E-state index contributed by atoms with van der Waals surface area (Å²) < 4.78 is 0. The van der Waals surface area contributed by atoms with E-state index < -0.39 is 0 Å². The highest BCUT2D eigenvalue weighted by Gasteiger charge is 2.29. The minimum Gasteiger partial charge on any atom is -0.352 e. The Morgan fingerprint density at radius 2 is 1.85 bits per heavy atom. The third-order valence-corrected chi connectivity index (χ3v) is 9.34. The number of carbonyl (C=O) groups is 2. The molecule has 1 saturated heterocycles. The number of amides is 2. The lowest BCUT2D eigenvalue weighted by Gasteiger charge is -2.35. The van der Waals surface area contributed by atoms with E-state index in [9.17, 15) is 9.59 Å². The van der Waals surface area contributed by atoms with E-state index in [-0.39, 0.29) is 11.8 Å². The van der Waals surface area contributed by atoms with Gasteiger partial charge in [0.05, 0.1) is 17.1 Å². The number of anilines is 1. The number of benzene rings is 3. The van der Waals surface area contributed by atoms with Crippen molar-refractivity contribution < 1.29 is 9.59 Å². The standard InChI is InChI=1S/C35H41N3O2S/c1-4-30-10-7-8-20-37(30)21-9-19-36-34(39)28-17-15-27(16-18-28)23-33-35(40)38(31-11-5-6-12-32(31)41-33)24-29-22-25(2)13-14-26(29)3/h5-6,11-18,22-23,30H,4,7-10,19-21,24H2,1-3H3,(H,36,39). The van der Waals surface area contributed by atoms with Crippen molar-refractivity contribution in [3.8, 4) is 0 Å². The van der Waals surface area contributed by atoms with Gasteiger partial charge in [0, 0.05) is 29.6 Å². The van der Waals surface area contributed by atoms with Crippen LogP contribution in [0.1, 0.15) is 71.6 Å². The predicted molar refractivity (Wildman–Crippen MR) is 170 cm³/mol. The van der Waals surface area contributed by atoms with Crippen molar-refractivity contribution in [1.29, 1.82) is 0 Å². The van der Waals surface area contributed by atoms with E-state index in [4.69, 9.17) is 0 Å². The van der Waals surface area contributed by atoms with Gasteiger partial charge in [0.15, 0.2) is 0 Å². The van der Waals surface area contributed by atoms with E-state index in [1.165, 1.54) is 55.1 Å². The SMILES string of the molecule is CCC1CCCCN1CCCNC(=O)c1ccc(C=C2Sc3ccccc3N(Cc3cc(C)ccc3C)C2=O)cc1. The lowest BCUT2D eigenvalue weighted by atomic mass is 10.00. The Morgan fingerprint density at radius 3 is 2.66 bits per heavy atom. The van der Waals surface area contributed by atoms with Crippen LogP contribution in [0.5, 0.6) is 0 Å². The molecule has 6 heteroatoms. The molecule has 0 radical (unpaired) electrons. The third kappa shape index (κ3) is 7.11. The zero-order valence-corrected chi connectivity index (χ0v) is 25.3. The third-order valence-electron chi connectivity index (χ3n) is 8.26. The van der Waals surface area contributed by atoms with E-state index in [2.05, 4.69) is 55.3 Å². The molecule has 5 rings (SSSR count). The summed E-state index contributed by atoms with van der Waals surface area (Å²) in [5.41, 5.74) is 5.99. The second-order valence-electron chi connectivity index (χ2n) is 11.2. The minimum atomic E-state index is -0.0494. The van der Waals surface area contributed by atoms with Gasteiger partial charge in [-0.15, -0.1) is 0 Å². The van der Waals surface area contributed by atoms with Crippen LogP contribution in [0.15, 0.2) is 76.5 Å². The van der Waals surface area contributed by atoms with Crippen molar-refractivity contribution in [2.24, 2.45) is 0 Å². The van der Waals surface area contributed by atoms with Crippen LogP contribution in [0.3, 0.4) is 0 Å². The van der Waals surface area contributed by atoms with Crippen LogP contribution in [-0.2, 0) is 11.3 Å². The monoisotopic (exact) mass is 567 g/mol. The van der Waals surface area contributed by atoms with Crippen LogP contribution in [-0.4, -0.2) is 42.4 Å². The largest absolute Gasteiger partial charge is 0.352 e. The number of likely N-dealkylation sites (tertiary alicyclic amines) is 1. The summed E-state index contributed by atoms with van der Waals surface area (Å²) >= 11 is 1.51. The number of hydrogen-bond acceptors (Lipinski definition) is 4. The van der Waals surface area contributed by atoms with E-state index in [1.54, 1.807) is 0 Å². The van der Waals surface area contributed by atoms with E-state index >= 15 is 0 Å². The first-order valence-corrected chi connectivity index (χ1v) is 15.7.